The Morgan fingerprint density at radius 2 is 1.72 bits per heavy atom. The number of sulfone groups is 1. The van der Waals surface area contributed by atoms with Gasteiger partial charge in [-0.15, -0.1) is 0 Å². The van der Waals surface area contributed by atoms with Crippen LogP contribution in [-0.4, -0.2) is 39.9 Å². The first-order valence-corrected chi connectivity index (χ1v) is 12.8. The van der Waals surface area contributed by atoms with Gasteiger partial charge in [-0.05, 0) is 55.5 Å². The van der Waals surface area contributed by atoms with Crippen molar-refractivity contribution in [2.45, 2.75) is 22.8 Å². The summed E-state index contributed by atoms with van der Waals surface area (Å²) in [6, 6.07) is 10.4. The van der Waals surface area contributed by atoms with Crippen LogP contribution in [-0.2, 0) is 14.6 Å². The molecule has 36 heavy (non-hydrogen) atoms. The fraction of sp³-hybridized carbons (Fsp3) is 0.167. The van der Waals surface area contributed by atoms with Gasteiger partial charge in [0.2, 0.25) is 9.84 Å². The molecule has 0 saturated carbocycles. The molecule has 0 aliphatic heterocycles. The van der Waals surface area contributed by atoms with E-state index in [9.17, 15) is 22.0 Å². The molecule has 3 aromatic rings. The second-order valence-corrected chi connectivity index (χ2v) is 10.8. The number of ether oxygens (including phenoxy) is 1. The van der Waals surface area contributed by atoms with Crippen LogP contribution < -0.4 is 21.8 Å². The van der Waals surface area contributed by atoms with E-state index in [0.29, 0.717) is 30.5 Å². The summed E-state index contributed by atoms with van der Waals surface area (Å²) in [6.07, 6.45) is 0. The topological polar surface area (TPSA) is 138 Å². The van der Waals surface area contributed by atoms with Crippen molar-refractivity contribution in [2.24, 2.45) is 5.73 Å². The fourth-order valence-electron chi connectivity index (χ4n) is 3.40. The summed E-state index contributed by atoms with van der Waals surface area (Å²) in [7, 11) is -2.75. The van der Waals surface area contributed by atoms with Crippen molar-refractivity contribution in [3.8, 4) is 0 Å². The summed E-state index contributed by atoms with van der Waals surface area (Å²) >= 11 is 3.37. The number of benzene rings is 3. The quantitative estimate of drug-likeness (QED) is 0.182. The van der Waals surface area contributed by atoms with Crippen molar-refractivity contribution < 1.29 is 31.7 Å². The summed E-state index contributed by atoms with van der Waals surface area (Å²) in [5.74, 6) is -2.87. The summed E-state index contributed by atoms with van der Waals surface area (Å²) in [4.78, 5) is 14.7. The third kappa shape index (κ3) is 6.25. The van der Waals surface area contributed by atoms with E-state index >= 15 is 0 Å². The average molecular weight is 582 g/mol. The lowest BCUT2D eigenvalue weighted by atomic mass is 10.1. The number of rotatable bonds is 8. The van der Waals surface area contributed by atoms with Crippen LogP contribution in [0.3, 0.4) is 0 Å². The highest BCUT2D eigenvalue weighted by Crippen LogP contribution is 2.25. The average Bonchev–Trinajstić information content (AvgIpc) is 2.78. The number of nitrogens with one attached hydrogen (secondary N) is 2. The van der Waals surface area contributed by atoms with Crippen LogP contribution >= 0.6 is 15.9 Å². The maximum absolute atomic E-state index is 13.6. The Morgan fingerprint density at radius 1 is 1.06 bits per heavy atom. The smallest absolute Gasteiger partial charge is 0.341 e. The molecule has 0 radical (unpaired) electrons. The van der Waals surface area contributed by atoms with Crippen molar-refractivity contribution in [3.63, 3.8) is 0 Å². The number of amides is 1. The lowest BCUT2D eigenvalue weighted by Crippen LogP contribution is -2.79. The zero-order valence-electron chi connectivity index (χ0n) is 19.3. The standard InChI is InChI=1S/C24H23BrF2N4O4S/c1-13(12-35-2)30-22-7-14(25)3-5-19(22)24(32)31-23(29)20-11-17(4-6-21(20)28)36(33,34)18-9-15(26)8-16(27)10-18/h3-11,13,30H,12,28H2,1-2H3,(H2,29,31,32)/p+1. The normalized spacial score (nSPS) is 12.9. The number of nitrogen functional groups attached to an aromatic ring is 2. The summed E-state index contributed by atoms with van der Waals surface area (Å²) < 4.78 is 59.0. The molecule has 0 bridgehead atoms. The minimum Gasteiger partial charge on any atom is -0.398 e. The maximum atomic E-state index is 13.6. The number of anilines is 2. The predicted octanol–water partition coefficient (Wildman–Crippen LogP) is 2.22. The SMILES string of the molecule is COCC(C)Nc1cc(Br)ccc1C(=O)[NH+]=C(N)c1cc(S(=O)(=O)c2cc(F)cc(F)c2)ccc1N. The molecule has 8 nitrogen and oxygen atoms in total. The number of hydrogen-bond donors (Lipinski definition) is 4. The van der Waals surface area contributed by atoms with E-state index < -0.39 is 32.3 Å². The van der Waals surface area contributed by atoms with Gasteiger partial charge in [0.05, 0.1) is 33.2 Å². The van der Waals surface area contributed by atoms with Crippen molar-refractivity contribution in [3.05, 3.63) is 81.8 Å². The van der Waals surface area contributed by atoms with E-state index in [4.69, 9.17) is 16.2 Å². The van der Waals surface area contributed by atoms with Gasteiger partial charge in [0, 0.05) is 29.4 Å². The van der Waals surface area contributed by atoms with Gasteiger partial charge in [0.15, 0.2) is 0 Å². The van der Waals surface area contributed by atoms with Gasteiger partial charge < -0.3 is 15.8 Å². The number of hydrogen-bond acceptors (Lipinski definition) is 6. The summed E-state index contributed by atoms with van der Waals surface area (Å²) in [6.45, 7) is 2.28. The Labute approximate surface area is 215 Å². The zero-order valence-corrected chi connectivity index (χ0v) is 21.7. The first-order chi connectivity index (χ1) is 16.9. The van der Waals surface area contributed by atoms with Gasteiger partial charge in [0.1, 0.15) is 11.6 Å². The lowest BCUT2D eigenvalue weighted by Gasteiger charge is -2.16. The molecule has 190 valence electrons. The minimum absolute atomic E-state index is 0.0284. The summed E-state index contributed by atoms with van der Waals surface area (Å²) in [5, 5.41) is 3.18. The molecule has 0 aromatic heterocycles. The molecule has 12 heteroatoms. The molecule has 3 rings (SSSR count). The molecule has 1 atom stereocenters. The Hall–Kier alpha value is -3.35. The summed E-state index contributed by atoms with van der Waals surface area (Å²) in [5.41, 5.74) is 13.0. The number of halogens is 3. The number of carbonyl (C=O) groups excluding carboxylic acids is 1. The Bertz CT molecular complexity index is 1430. The van der Waals surface area contributed by atoms with Crippen LogP contribution in [0.5, 0.6) is 0 Å². The maximum Gasteiger partial charge on any atom is 0.341 e. The molecule has 1 amide bonds. The molecule has 0 aliphatic rings. The number of carbonyl (C=O) groups is 1. The highest BCUT2D eigenvalue weighted by Gasteiger charge is 2.23. The molecule has 0 heterocycles. The fourth-order valence-corrected chi connectivity index (χ4v) is 5.09. The van der Waals surface area contributed by atoms with E-state index in [0.717, 1.165) is 10.5 Å². The lowest BCUT2D eigenvalue weighted by molar-refractivity contribution is -0.345. The van der Waals surface area contributed by atoms with Crippen LogP contribution in [0.4, 0.5) is 20.2 Å². The van der Waals surface area contributed by atoms with Crippen LogP contribution in [0.15, 0.2) is 68.9 Å². The molecule has 1 unspecified atom stereocenters. The van der Waals surface area contributed by atoms with Gasteiger partial charge in [-0.1, -0.05) is 15.9 Å². The van der Waals surface area contributed by atoms with Gasteiger partial charge in [-0.25, -0.2) is 27.0 Å². The van der Waals surface area contributed by atoms with Crippen molar-refractivity contribution in [1.29, 1.82) is 0 Å². The number of nitrogens with two attached hydrogens (primary N) is 2. The molecule has 0 saturated heterocycles. The Kier molecular flexibility index (Phi) is 8.43. The number of amidine groups is 1. The first-order valence-electron chi connectivity index (χ1n) is 10.5. The molecule has 0 spiro atoms. The van der Waals surface area contributed by atoms with Crippen molar-refractivity contribution >= 4 is 48.9 Å². The molecule has 3 aromatic carbocycles. The third-order valence-corrected chi connectivity index (χ3v) is 7.29. The first kappa shape index (κ1) is 27.2. The Balaban J connectivity index is 2.00. The van der Waals surface area contributed by atoms with Crippen molar-refractivity contribution in [1.82, 2.24) is 0 Å². The highest BCUT2D eigenvalue weighted by molar-refractivity contribution is 9.10. The Morgan fingerprint density at radius 3 is 2.36 bits per heavy atom. The van der Waals surface area contributed by atoms with Gasteiger partial charge in [-0.3, -0.25) is 5.73 Å². The highest BCUT2D eigenvalue weighted by atomic mass is 79.9. The van der Waals surface area contributed by atoms with Crippen molar-refractivity contribution in [2.75, 3.05) is 24.8 Å². The van der Waals surface area contributed by atoms with E-state index in [1.807, 2.05) is 6.92 Å². The zero-order chi connectivity index (χ0) is 26.6. The van der Waals surface area contributed by atoms with Crippen LogP contribution in [0, 0.1) is 11.6 Å². The van der Waals surface area contributed by atoms with Gasteiger partial charge in [-0.2, -0.15) is 0 Å². The molecule has 0 aliphatic carbocycles. The van der Waals surface area contributed by atoms with Crippen LogP contribution in [0.1, 0.15) is 22.8 Å². The van der Waals surface area contributed by atoms with E-state index in [2.05, 4.69) is 26.2 Å². The van der Waals surface area contributed by atoms with E-state index in [1.54, 1.807) is 25.3 Å². The molecule has 6 N–H and O–H groups in total. The molecular formula is C24H24BrF2N4O4S+. The van der Waals surface area contributed by atoms with Gasteiger partial charge >= 0.3 is 5.91 Å². The van der Waals surface area contributed by atoms with Crippen LogP contribution in [0.25, 0.3) is 0 Å². The minimum atomic E-state index is -4.31. The van der Waals surface area contributed by atoms with Crippen LogP contribution in [0.2, 0.25) is 0 Å². The second kappa shape index (κ2) is 11.1. The van der Waals surface area contributed by atoms with E-state index in [1.165, 1.54) is 12.1 Å². The largest absolute Gasteiger partial charge is 0.398 e. The second-order valence-electron chi connectivity index (χ2n) is 7.92. The molecular weight excluding hydrogens is 558 g/mol. The van der Waals surface area contributed by atoms with Gasteiger partial charge in [0.25, 0.3) is 5.84 Å². The monoisotopic (exact) mass is 581 g/mol. The van der Waals surface area contributed by atoms with E-state index in [-0.39, 0.29) is 33.6 Å². The third-order valence-electron chi connectivity index (χ3n) is 5.06. The number of methoxy groups -OCH3 is 1. The molecule has 0 fully saturated rings. The predicted molar refractivity (Wildman–Crippen MR) is 135 cm³/mol.